The summed E-state index contributed by atoms with van der Waals surface area (Å²) in [5.74, 6) is -0.172. The van der Waals surface area contributed by atoms with Crippen molar-refractivity contribution in [2.24, 2.45) is 0 Å². The molecule has 0 saturated heterocycles. The number of carbonyl (C=O) groups is 1. The van der Waals surface area contributed by atoms with Crippen molar-refractivity contribution in [2.45, 2.75) is 0 Å². The predicted octanol–water partition coefficient (Wildman–Crippen LogP) is 4.50. The number of rotatable bonds is 3. The van der Waals surface area contributed by atoms with Gasteiger partial charge in [-0.15, -0.1) is 0 Å². The molecule has 0 aliphatic rings. The Bertz CT molecular complexity index is 623. The van der Waals surface area contributed by atoms with E-state index in [0.717, 1.165) is 6.07 Å². The molecule has 1 amide bonds. The number of methoxy groups -OCH3 is 1. The maximum absolute atomic E-state index is 13.1. The summed E-state index contributed by atoms with van der Waals surface area (Å²) in [7, 11) is 1.55. The molecule has 0 radical (unpaired) electrons. The van der Waals surface area contributed by atoms with Crippen LogP contribution in [-0.4, -0.2) is 13.0 Å². The number of anilines is 1. The summed E-state index contributed by atoms with van der Waals surface area (Å²) in [6, 6.07) is 8.97. The van der Waals surface area contributed by atoms with Gasteiger partial charge in [0.25, 0.3) is 5.91 Å². The van der Waals surface area contributed by atoms with Gasteiger partial charge in [0.05, 0.1) is 17.8 Å². The Morgan fingerprint density at radius 2 is 1.95 bits per heavy atom. The molecule has 2 aromatic rings. The van der Waals surface area contributed by atoms with E-state index < -0.39 is 5.82 Å². The van der Waals surface area contributed by atoms with Crippen molar-refractivity contribution in [1.82, 2.24) is 0 Å². The molecule has 0 atom stereocenters. The molecule has 0 aliphatic carbocycles. The maximum Gasteiger partial charge on any atom is 0.255 e. The fourth-order valence-electron chi connectivity index (χ4n) is 1.59. The average molecular weight is 359 g/mol. The smallest absolute Gasteiger partial charge is 0.255 e. The van der Waals surface area contributed by atoms with Gasteiger partial charge < -0.3 is 10.1 Å². The quantitative estimate of drug-likeness (QED) is 0.877. The van der Waals surface area contributed by atoms with Crippen LogP contribution < -0.4 is 10.1 Å². The minimum Gasteiger partial charge on any atom is -0.497 e. The van der Waals surface area contributed by atoms with E-state index in [1.807, 2.05) is 0 Å². The molecular formula is C14H10BrClFNO2. The molecular weight excluding hydrogens is 349 g/mol. The van der Waals surface area contributed by atoms with Crippen molar-refractivity contribution < 1.29 is 13.9 Å². The standard InChI is InChI=1S/C14H10BrClFNO2/c1-20-10-4-2-8(3-5-10)14(19)18-13-11(15)6-9(17)7-12(13)16/h2-7H,1H3,(H,18,19). The number of benzene rings is 2. The summed E-state index contributed by atoms with van der Waals surface area (Å²) in [6.45, 7) is 0. The normalized spacial score (nSPS) is 10.2. The number of hydrogen-bond donors (Lipinski definition) is 1. The summed E-state index contributed by atoms with van der Waals surface area (Å²) < 4.78 is 18.5. The van der Waals surface area contributed by atoms with Crippen LogP contribution in [0, 0.1) is 5.82 Å². The van der Waals surface area contributed by atoms with Gasteiger partial charge in [0.2, 0.25) is 0 Å². The zero-order valence-corrected chi connectivity index (χ0v) is 12.8. The molecule has 0 fully saturated rings. The SMILES string of the molecule is COc1ccc(C(=O)Nc2c(Cl)cc(F)cc2Br)cc1. The van der Waals surface area contributed by atoms with Gasteiger partial charge in [-0.05, 0) is 52.3 Å². The molecule has 2 aromatic carbocycles. The van der Waals surface area contributed by atoms with Crippen LogP contribution in [0.4, 0.5) is 10.1 Å². The summed E-state index contributed by atoms with van der Waals surface area (Å²) in [5, 5.41) is 2.76. The highest BCUT2D eigenvalue weighted by Crippen LogP contribution is 2.32. The first-order valence-corrected chi connectivity index (χ1v) is 6.78. The van der Waals surface area contributed by atoms with E-state index in [2.05, 4.69) is 21.2 Å². The highest BCUT2D eigenvalue weighted by atomic mass is 79.9. The third-order valence-electron chi connectivity index (χ3n) is 2.60. The van der Waals surface area contributed by atoms with Gasteiger partial charge in [0.15, 0.2) is 0 Å². The first kappa shape index (κ1) is 14.8. The Kier molecular flexibility index (Phi) is 4.62. The molecule has 0 aromatic heterocycles. The van der Waals surface area contributed by atoms with Crippen LogP contribution in [0.5, 0.6) is 5.75 Å². The first-order chi connectivity index (χ1) is 9.51. The van der Waals surface area contributed by atoms with Gasteiger partial charge in [0, 0.05) is 10.0 Å². The monoisotopic (exact) mass is 357 g/mol. The van der Waals surface area contributed by atoms with Crippen molar-refractivity contribution in [3.8, 4) is 5.75 Å². The minimum atomic E-state index is -0.482. The summed E-state index contributed by atoms with van der Waals surface area (Å²) in [4.78, 5) is 12.1. The Morgan fingerprint density at radius 1 is 1.30 bits per heavy atom. The number of ether oxygens (including phenoxy) is 1. The van der Waals surface area contributed by atoms with E-state index >= 15 is 0 Å². The van der Waals surface area contributed by atoms with Gasteiger partial charge in [-0.25, -0.2) is 4.39 Å². The Hall–Kier alpha value is -1.59. The lowest BCUT2D eigenvalue weighted by Crippen LogP contribution is -2.12. The van der Waals surface area contributed by atoms with Crippen LogP contribution in [0.3, 0.4) is 0 Å². The summed E-state index contributed by atoms with van der Waals surface area (Å²) in [6.07, 6.45) is 0. The van der Waals surface area contributed by atoms with E-state index in [0.29, 0.717) is 21.5 Å². The van der Waals surface area contributed by atoms with Crippen molar-refractivity contribution in [1.29, 1.82) is 0 Å². The molecule has 0 unspecified atom stereocenters. The van der Waals surface area contributed by atoms with Gasteiger partial charge in [-0.2, -0.15) is 0 Å². The third kappa shape index (κ3) is 3.29. The number of nitrogens with one attached hydrogen (secondary N) is 1. The zero-order chi connectivity index (χ0) is 14.7. The lowest BCUT2D eigenvalue weighted by molar-refractivity contribution is 0.102. The molecule has 104 valence electrons. The maximum atomic E-state index is 13.1. The zero-order valence-electron chi connectivity index (χ0n) is 10.4. The molecule has 0 bridgehead atoms. The second-order valence-electron chi connectivity index (χ2n) is 3.93. The Labute approximate surface area is 128 Å². The average Bonchev–Trinajstić information content (AvgIpc) is 2.42. The number of carbonyl (C=O) groups excluding carboxylic acids is 1. The number of hydrogen-bond acceptors (Lipinski definition) is 2. The van der Waals surface area contributed by atoms with Crippen LogP contribution in [0.2, 0.25) is 5.02 Å². The fraction of sp³-hybridized carbons (Fsp3) is 0.0714. The van der Waals surface area contributed by atoms with E-state index in [9.17, 15) is 9.18 Å². The van der Waals surface area contributed by atoms with Gasteiger partial charge in [0.1, 0.15) is 11.6 Å². The van der Waals surface area contributed by atoms with Crippen molar-refractivity contribution >= 4 is 39.1 Å². The third-order valence-corrected chi connectivity index (χ3v) is 3.52. The van der Waals surface area contributed by atoms with Gasteiger partial charge >= 0.3 is 0 Å². The van der Waals surface area contributed by atoms with Crippen LogP contribution in [0.15, 0.2) is 40.9 Å². The predicted molar refractivity (Wildman–Crippen MR) is 80.1 cm³/mol. The molecule has 0 aliphatic heterocycles. The van der Waals surface area contributed by atoms with Crippen LogP contribution in [-0.2, 0) is 0 Å². The molecule has 0 saturated carbocycles. The second kappa shape index (κ2) is 6.24. The van der Waals surface area contributed by atoms with Gasteiger partial charge in [-0.3, -0.25) is 4.79 Å². The molecule has 2 rings (SSSR count). The lowest BCUT2D eigenvalue weighted by Gasteiger charge is -2.10. The highest BCUT2D eigenvalue weighted by molar-refractivity contribution is 9.10. The fourth-order valence-corrected chi connectivity index (χ4v) is 2.49. The van der Waals surface area contributed by atoms with Crippen LogP contribution in [0.25, 0.3) is 0 Å². The minimum absolute atomic E-state index is 0.124. The second-order valence-corrected chi connectivity index (χ2v) is 5.19. The summed E-state index contributed by atoms with van der Waals surface area (Å²) >= 11 is 9.07. The lowest BCUT2D eigenvalue weighted by atomic mass is 10.2. The van der Waals surface area contributed by atoms with Crippen molar-refractivity contribution in [2.75, 3.05) is 12.4 Å². The molecule has 20 heavy (non-hydrogen) atoms. The van der Waals surface area contributed by atoms with E-state index in [4.69, 9.17) is 16.3 Å². The van der Waals surface area contributed by atoms with E-state index in [1.165, 1.54) is 6.07 Å². The number of halogens is 3. The molecule has 3 nitrogen and oxygen atoms in total. The van der Waals surface area contributed by atoms with Crippen molar-refractivity contribution in [3.63, 3.8) is 0 Å². The highest BCUT2D eigenvalue weighted by Gasteiger charge is 2.13. The molecule has 0 spiro atoms. The van der Waals surface area contributed by atoms with E-state index in [-0.39, 0.29) is 10.9 Å². The first-order valence-electron chi connectivity index (χ1n) is 5.61. The van der Waals surface area contributed by atoms with E-state index in [1.54, 1.807) is 31.4 Å². The molecule has 6 heteroatoms. The largest absolute Gasteiger partial charge is 0.497 e. The Balaban J connectivity index is 2.23. The van der Waals surface area contributed by atoms with Crippen LogP contribution >= 0.6 is 27.5 Å². The number of amides is 1. The topological polar surface area (TPSA) is 38.3 Å². The molecule has 0 heterocycles. The van der Waals surface area contributed by atoms with Crippen molar-refractivity contribution in [3.05, 3.63) is 57.3 Å². The summed E-state index contributed by atoms with van der Waals surface area (Å²) in [5.41, 5.74) is 0.770. The molecule has 1 N–H and O–H groups in total. The Morgan fingerprint density at radius 3 is 2.50 bits per heavy atom. The van der Waals surface area contributed by atoms with Gasteiger partial charge in [-0.1, -0.05) is 11.6 Å². The van der Waals surface area contributed by atoms with Crippen LogP contribution in [0.1, 0.15) is 10.4 Å².